The number of anilines is 1. The average Bonchev–Trinajstić information content (AvgIpc) is 3.39. The fourth-order valence-corrected chi connectivity index (χ4v) is 5.27. The lowest BCUT2D eigenvalue weighted by molar-refractivity contribution is 0.532. The normalized spacial score (nSPS) is 15.6. The monoisotopic (exact) mass is 436 g/mol. The van der Waals surface area contributed by atoms with Crippen molar-refractivity contribution in [2.24, 2.45) is 7.05 Å². The summed E-state index contributed by atoms with van der Waals surface area (Å²) in [5.74, 6) is 0.844. The van der Waals surface area contributed by atoms with E-state index in [1.165, 1.54) is 6.26 Å². The van der Waals surface area contributed by atoms with Gasteiger partial charge in [-0.25, -0.2) is 18.1 Å². The minimum Gasteiger partial charge on any atom is -0.356 e. The van der Waals surface area contributed by atoms with Gasteiger partial charge in [-0.05, 0) is 30.5 Å². The highest BCUT2D eigenvalue weighted by Gasteiger charge is 2.27. The topological polar surface area (TPSA) is 85.9 Å². The maximum Gasteiger partial charge on any atom is 0.150 e. The Hall–Kier alpha value is -3.20. The van der Waals surface area contributed by atoms with Gasteiger partial charge in [0, 0.05) is 55.8 Å². The first-order valence-electron chi connectivity index (χ1n) is 10.3. The Morgan fingerprint density at radius 2 is 1.81 bits per heavy atom. The van der Waals surface area contributed by atoms with Crippen LogP contribution in [-0.2, 0) is 16.9 Å². The average molecular weight is 437 g/mol. The van der Waals surface area contributed by atoms with Crippen LogP contribution in [0.5, 0.6) is 0 Å². The second-order valence-corrected chi connectivity index (χ2v) is 10.4. The van der Waals surface area contributed by atoms with E-state index < -0.39 is 9.84 Å². The summed E-state index contributed by atoms with van der Waals surface area (Å²) in [6.07, 6.45) is 10.1. The highest BCUT2D eigenvalue weighted by Crippen LogP contribution is 2.27. The van der Waals surface area contributed by atoms with Crippen LogP contribution in [0.25, 0.3) is 27.7 Å². The second-order valence-electron chi connectivity index (χ2n) is 8.12. The predicted octanol–water partition coefficient (Wildman–Crippen LogP) is 2.83. The van der Waals surface area contributed by atoms with Crippen LogP contribution in [0, 0.1) is 0 Å². The summed E-state index contributed by atoms with van der Waals surface area (Å²) in [6, 6.07) is 10.2. The molecule has 1 aliphatic heterocycles. The molecule has 0 radical (unpaired) electrons. The molecule has 9 heteroatoms. The Morgan fingerprint density at radius 3 is 2.52 bits per heavy atom. The molecule has 1 saturated heterocycles. The van der Waals surface area contributed by atoms with Gasteiger partial charge in [0.15, 0.2) is 0 Å². The van der Waals surface area contributed by atoms with Crippen molar-refractivity contribution in [3.05, 3.63) is 55.1 Å². The number of hydrogen-bond donors (Lipinski definition) is 0. The van der Waals surface area contributed by atoms with Crippen molar-refractivity contribution in [2.45, 2.75) is 18.1 Å². The molecule has 0 N–H and O–H groups in total. The third-order valence-corrected chi connectivity index (χ3v) is 7.64. The molecule has 0 spiro atoms. The minimum atomic E-state index is -2.99. The molecule has 5 rings (SSSR count). The first kappa shape index (κ1) is 19.7. The van der Waals surface area contributed by atoms with E-state index in [0.717, 1.165) is 33.5 Å². The number of rotatable bonds is 4. The van der Waals surface area contributed by atoms with Gasteiger partial charge in [-0.3, -0.25) is 4.68 Å². The number of benzene rings is 1. The highest BCUT2D eigenvalue weighted by molar-refractivity contribution is 7.91. The molecule has 1 aromatic carbocycles. The van der Waals surface area contributed by atoms with Gasteiger partial charge in [-0.2, -0.15) is 10.2 Å². The second kappa shape index (κ2) is 7.49. The molecule has 1 aliphatic rings. The summed E-state index contributed by atoms with van der Waals surface area (Å²) in [4.78, 5) is 6.68. The van der Waals surface area contributed by atoms with Gasteiger partial charge in [-0.15, -0.1) is 0 Å². The molecule has 3 aromatic heterocycles. The Labute approximate surface area is 181 Å². The molecule has 0 saturated carbocycles. The number of nitrogens with zero attached hydrogens (tertiary/aromatic N) is 6. The molecular formula is C22H24N6O2S. The van der Waals surface area contributed by atoms with Crippen LogP contribution >= 0.6 is 0 Å². The maximum atomic E-state index is 11.8. The minimum absolute atomic E-state index is 0.257. The van der Waals surface area contributed by atoms with Crippen molar-refractivity contribution >= 4 is 26.6 Å². The number of aromatic nitrogens is 5. The van der Waals surface area contributed by atoms with Crippen molar-refractivity contribution in [1.29, 1.82) is 0 Å². The molecular weight excluding hydrogens is 412 g/mol. The zero-order chi connectivity index (χ0) is 21.6. The van der Waals surface area contributed by atoms with Crippen LogP contribution in [-0.4, -0.2) is 57.6 Å². The smallest absolute Gasteiger partial charge is 0.150 e. The number of aryl methyl sites for hydroxylation is 1. The van der Waals surface area contributed by atoms with Crippen LogP contribution in [0.15, 0.2) is 55.1 Å². The molecule has 0 amide bonds. The lowest BCUT2D eigenvalue weighted by Gasteiger charge is -2.32. The van der Waals surface area contributed by atoms with E-state index in [1.807, 2.05) is 42.5 Å². The van der Waals surface area contributed by atoms with Crippen LogP contribution in [0.3, 0.4) is 0 Å². The number of sulfone groups is 1. The highest BCUT2D eigenvalue weighted by atomic mass is 32.2. The van der Waals surface area contributed by atoms with Crippen molar-refractivity contribution in [3.8, 4) is 16.8 Å². The quantitative estimate of drug-likeness (QED) is 0.489. The van der Waals surface area contributed by atoms with E-state index in [-0.39, 0.29) is 5.25 Å². The van der Waals surface area contributed by atoms with E-state index in [1.54, 1.807) is 10.9 Å². The molecule has 0 unspecified atom stereocenters. The van der Waals surface area contributed by atoms with E-state index in [2.05, 4.69) is 38.3 Å². The van der Waals surface area contributed by atoms with Gasteiger partial charge >= 0.3 is 0 Å². The summed E-state index contributed by atoms with van der Waals surface area (Å²) in [6.45, 7) is 1.36. The Morgan fingerprint density at radius 1 is 1.00 bits per heavy atom. The molecule has 4 aromatic rings. The molecule has 0 bridgehead atoms. The largest absolute Gasteiger partial charge is 0.356 e. The third-order valence-electron chi connectivity index (χ3n) is 5.95. The summed E-state index contributed by atoms with van der Waals surface area (Å²) >= 11 is 0. The first-order chi connectivity index (χ1) is 14.9. The molecule has 4 heterocycles. The molecule has 0 atom stereocenters. The van der Waals surface area contributed by atoms with Gasteiger partial charge in [0.2, 0.25) is 0 Å². The van der Waals surface area contributed by atoms with E-state index >= 15 is 0 Å². The fraction of sp³-hybridized carbons (Fsp3) is 0.318. The Balaban J connectivity index is 1.46. The van der Waals surface area contributed by atoms with Gasteiger partial charge in [-0.1, -0.05) is 12.1 Å². The Kier molecular flexibility index (Phi) is 4.77. The number of fused-ring (bicyclic) bond motifs is 1. The zero-order valence-corrected chi connectivity index (χ0v) is 18.3. The summed E-state index contributed by atoms with van der Waals surface area (Å²) in [5.41, 5.74) is 4.07. The van der Waals surface area contributed by atoms with Crippen molar-refractivity contribution < 1.29 is 8.42 Å². The number of hydrogen-bond acceptors (Lipinski definition) is 6. The van der Waals surface area contributed by atoms with Crippen LogP contribution in [0.4, 0.5) is 5.82 Å². The van der Waals surface area contributed by atoms with Crippen molar-refractivity contribution in [2.75, 3.05) is 24.2 Å². The lowest BCUT2D eigenvalue weighted by Crippen LogP contribution is -2.39. The lowest BCUT2D eigenvalue weighted by atomic mass is 10.1. The van der Waals surface area contributed by atoms with Gasteiger partial charge in [0.25, 0.3) is 0 Å². The summed E-state index contributed by atoms with van der Waals surface area (Å²) < 4.78 is 27.4. The molecule has 1 fully saturated rings. The van der Waals surface area contributed by atoms with Gasteiger partial charge in [0.1, 0.15) is 15.7 Å². The molecule has 8 nitrogen and oxygen atoms in total. The standard InChI is InChI=1S/C22H24N6O2S/c1-26-15-18(14-24-26)16-3-4-17-13-25-28(21(17)11-16)19-5-8-23-22(12-19)27-9-6-20(7-10-27)31(2,29)30/h3-5,8,11-15,20H,6-7,9-10H2,1-2H3. The zero-order valence-electron chi connectivity index (χ0n) is 17.5. The van der Waals surface area contributed by atoms with Crippen molar-refractivity contribution in [1.82, 2.24) is 24.5 Å². The summed E-state index contributed by atoms with van der Waals surface area (Å²) in [7, 11) is -1.09. The van der Waals surface area contributed by atoms with E-state index in [4.69, 9.17) is 0 Å². The van der Waals surface area contributed by atoms with Crippen molar-refractivity contribution in [3.63, 3.8) is 0 Å². The van der Waals surface area contributed by atoms with E-state index in [0.29, 0.717) is 25.9 Å². The molecule has 160 valence electrons. The Bertz CT molecular complexity index is 1350. The number of pyridine rings is 1. The maximum absolute atomic E-state index is 11.8. The number of piperidine rings is 1. The SMILES string of the molecule is Cn1cc(-c2ccc3cnn(-c4ccnc(N5CCC(S(C)(=O)=O)CC5)c4)c3c2)cn1. The predicted molar refractivity (Wildman–Crippen MR) is 121 cm³/mol. The third kappa shape index (κ3) is 3.81. The van der Waals surface area contributed by atoms with Crippen LogP contribution < -0.4 is 4.90 Å². The van der Waals surface area contributed by atoms with Gasteiger partial charge in [0.05, 0.1) is 28.8 Å². The van der Waals surface area contributed by atoms with Gasteiger partial charge < -0.3 is 4.90 Å². The van der Waals surface area contributed by atoms with Crippen LogP contribution in [0.2, 0.25) is 0 Å². The fourth-order valence-electron chi connectivity index (χ4n) is 4.20. The first-order valence-corrected chi connectivity index (χ1v) is 12.2. The molecule has 0 aliphatic carbocycles. The molecule has 31 heavy (non-hydrogen) atoms. The van der Waals surface area contributed by atoms with E-state index in [9.17, 15) is 8.42 Å². The van der Waals surface area contributed by atoms with Crippen LogP contribution in [0.1, 0.15) is 12.8 Å². The summed E-state index contributed by atoms with van der Waals surface area (Å²) in [5, 5.41) is 9.67.